The average molecular weight is 781 g/mol. The quantitative estimate of drug-likeness (QED) is 0.0848. The van der Waals surface area contributed by atoms with E-state index in [2.05, 4.69) is 41.5 Å². The van der Waals surface area contributed by atoms with Crippen molar-refractivity contribution in [3.63, 3.8) is 0 Å². The Morgan fingerprint density at radius 3 is 2.15 bits per heavy atom. The Kier molecular flexibility index (Phi) is 11.4. The Bertz CT molecular complexity index is 2030. The van der Waals surface area contributed by atoms with Crippen LogP contribution in [0, 0.1) is 0 Å². The van der Waals surface area contributed by atoms with Crippen LogP contribution in [0.25, 0.3) is 0 Å². The summed E-state index contributed by atoms with van der Waals surface area (Å²) in [5.41, 5.74) is 1.28. The Labute approximate surface area is 317 Å². The van der Waals surface area contributed by atoms with Crippen LogP contribution < -0.4 is 31.3 Å². The lowest BCUT2D eigenvalue weighted by atomic mass is 10.0. The van der Waals surface area contributed by atoms with Gasteiger partial charge in [0.2, 0.25) is 11.9 Å². The van der Waals surface area contributed by atoms with Crippen molar-refractivity contribution in [1.29, 1.82) is 0 Å². The SMILES string of the molecule is O=C(NCC[C@H](NC(=O)c1ccc(Nc2nc(NC3(c4ccc(Cl)cc4)CC3)nc(OCC(F)(F)F)n2)cc1)C(=O)O)C(=O)NC1(Cc2ccccc2)CC1. The number of aliphatic carboxylic acids is 1. The second-order valence-corrected chi connectivity index (χ2v) is 13.8. The number of ether oxygens (including phenoxy) is 1. The van der Waals surface area contributed by atoms with E-state index in [1.54, 1.807) is 12.1 Å². The normalized spacial score (nSPS) is 15.5. The van der Waals surface area contributed by atoms with Crippen molar-refractivity contribution in [2.45, 2.75) is 61.8 Å². The number of alkyl halides is 3. The summed E-state index contributed by atoms with van der Waals surface area (Å²) in [6, 6.07) is 20.4. The number of halogens is 4. The zero-order valence-electron chi connectivity index (χ0n) is 29.1. The Hall–Kier alpha value is -5.97. The highest BCUT2D eigenvalue weighted by Crippen LogP contribution is 2.48. The van der Waals surface area contributed by atoms with Crippen LogP contribution in [0.1, 0.15) is 53.6 Å². The van der Waals surface area contributed by atoms with Gasteiger partial charge in [-0.15, -0.1) is 0 Å². The number of anilines is 3. The molecule has 55 heavy (non-hydrogen) atoms. The van der Waals surface area contributed by atoms with Crippen LogP contribution in [-0.2, 0) is 26.3 Å². The Balaban J connectivity index is 1.03. The highest BCUT2D eigenvalue weighted by atomic mass is 35.5. The van der Waals surface area contributed by atoms with Gasteiger partial charge in [0.25, 0.3) is 5.91 Å². The molecule has 18 heteroatoms. The van der Waals surface area contributed by atoms with Crippen molar-refractivity contribution in [2.24, 2.45) is 0 Å². The van der Waals surface area contributed by atoms with Gasteiger partial charge in [-0.3, -0.25) is 14.4 Å². The summed E-state index contributed by atoms with van der Waals surface area (Å²) in [6.45, 7) is -1.83. The van der Waals surface area contributed by atoms with Gasteiger partial charge in [-0.05, 0) is 86.1 Å². The van der Waals surface area contributed by atoms with Crippen molar-refractivity contribution in [3.05, 3.63) is 101 Å². The zero-order chi connectivity index (χ0) is 39.2. The number of carboxylic acids is 1. The Morgan fingerprint density at radius 2 is 1.53 bits per heavy atom. The number of rotatable bonds is 16. The highest BCUT2D eigenvalue weighted by Gasteiger charge is 2.46. The van der Waals surface area contributed by atoms with E-state index in [4.69, 9.17) is 16.3 Å². The molecule has 14 nitrogen and oxygen atoms in total. The smallest absolute Gasteiger partial charge is 0.422 e. The molecular weight excluding hydrogens is 745 g/mol. The van der Waals surface area contributed by atoms with E-state index in [0.717, 1.165) is 24.0 Å². The van der Waals surface area contributed by atoms with Gasteiger partial charge in [0.15, 0.2) is 6.61 Å². The third-order valence-corrected chi connectivity index (χ3v) is 9.28. The molecular formula is C37H36ClF3N8O6. The number of carbonyl (C=O) groups excluding carboxylic acids is 3. The minimum atomic E-state index is -4.64. The second kappa shape index (κ2) is 16.2. The molecule has 1 atom stereocenters. The third-order valence-electron chi connectivity index (χ3n) is 9.03. The van der Waals surface area contributed by atoms with Gasteiger partial charge in [0, 0.05) is 28.4 Å². The fourth-order valence-electron chi connectivity index (χ4n) is 5.80. The molecule has 2 aliphatic rings. The largest absolute Gasteiger partial charge is 0.480 e. The van der Waals surface area contributed by atoms with E-state index in [-0.39, 0.29) is 30.4 Å². The summed E-state index contributed by atoms with van der Waals surface area (Å²) >= 11 is 6.02. The Morgan fingerprint density at radius 1 is 0.855 bits per heavy atom. The maximum atomic E-state index is 13.0. The van der Waals surface area contributed by atoms with Crippen LogP contribution in [0.2, 0.25) is 5.02 Å². The van der Waals surface area contributed by atoms with Crippen molar-refractivity contribution in [2.75, 3.05) is 23.8 Å². The van der Waals surface area contributed by atoms with Crippen molar-refractivity contribution in [3.8, 4) is 6.01 Å². The van der Waals surface area contributed by atoms with Gasteiger partial charge in [0.05, 0.1) is 5.54 Å². The monoisotopic (exact) mass is 780 g/mol. The molecule has 1 aromatic heterocycles. The number of aromatic nitrogens is 3. The number of carbonyl (C=O) groups is 4. The van der Waals surface area contributed by atoms with Gasteiger partial charge in [-0.1, -0.05) is 54.1 Å². The van der Waals surface area contributed by atoms with Crippen LogP contribution in [0.3, 0.4) is 0 Å². The van der Waals surface area contributed by atoms with E-state index in [0.29, 0.717) is 30.0 Å². The topological polar surface area (TPSA) is 197 Å². The molecule has 2 fully saturated rings. The third kappa shape index (κ3) is 10.8. The van der Waals surface area contributed by atoms with E-state index < -0.39 is 59.6 Å². The van der Waals surface area contributed by atoms with Gasteiger partial charge >= 0.3 is 30.0 Å². The van der Waals surface area contributed by atoms with Gasteiger partial charge in [-0.25, -0.2) is 4.79 Å². The minimum absolute atomic E-state index is 0.0375. The van der Waals surface area contributed by atoms with E-state index in [1.807, 2.05) is 42.5 Å². The molecule has 0 spiro atoms. The van der Waals surface area contributed by atoms with Crippen LogP contribution in [0.5, 0.6) is 6.01 Å². The van der Waals surface area contributed by atoms with Gasteiger partial charge in [0.1, 0.15) is 6.04 Å². The molecule has 2 aliphatic carbocycles. The fourth-order valence-corrected chi connectivity index (χ4v) is 5.92. The molecule has 6 rings (SSSR count). The first-order chi connectivity index (χ1) is 26.2. The number of amides is 3. The molecule has 3 amide bonds. The first-order valence-corrected chi connectivity index (χ1v) is 17.6. The maximum Gasteiger partial charge on any atom is 0.422 e. The van der Waals surface area contributed by atoms with Gasteiger partial charge in [-0.2, -0.15) is 28.1 Å². The predicted molar refractivity (Wildman–Crippen MR) is 194 cm³/mol. The molecule has 0 radical (unpaired) electrons. The summed E-state index contributed by atoms with van der Waals surface area (Å²) in [5, 5.41) is 23.9. The molecule has 4 aromatic rings. The number of nitrogens with one attached hydrogen (secondary N) is 5. The minimum Gasteiger partial charge on any atom is -0.480 e. The molecule has 0 unspecified atom stereocenters. The summed E-state index contributed by atoms with van der Waals surface area (Å²) in [5.74, 6) is -4.00. The van der Waals surface area contributed by atoms with Gasteiger partial charge < -0.3 is 36.4 Å². The summed E-state index contributed by atoms with van der Waals surface area (Å²) in [6.07, 6.45) is -1.39. The fraction of sp³-hybridized carbons (Fsp3) is 0.324. The lowest BCUT2D eigenvalue weighted by molar-refractivity contribution is -0.154. The van der Waals surface area contributed by atoms with E-state index in [1.165, 1.54) is 24.3 Å². The standard InChI is InChI=1S/C37H36ClF3N8O6/c38-25-10-8-24(9-11-25)36(17-18-36)49-33-45-32(46-34(47-33)55-21-37(39,40)41)43-26-12-6-23(7-13-26)28(50)44-27(31(53)54)14-19-42-29(51)30(52)48-35(15-16-35)20-22-4-2-1-3-5-22/h1-13,27H,14-21H2,(H,42,51)(H,44,50)(H,48,52)(H,53,54)(H2,43,45,46,47,49)/t27-/m0/s1. The second-order valence-electron chi connectivity index (χ2n) is 13.4. The number of nitrogens with zero attached hydrogens (tertiary/aromatic N) is 3. The lowest BCUT2D eigenvalue weighted by Crippen LogP contribution is -2.48. The first-order valence-electron chi connectivity index (χ1n) is 17.2. The molecule has 0 saturated heterocycles. The molecule has 0 bridgehead atoms. The first kappa shape index (κ1) is 38.7. The van der Waals surface area contributed by atoms with Crippen LogP contribution in [0.15, 0.2) is 78.9 Å². The molecule has 3 aromatic carbocycles. The number of hydrogen-bond donors (Lipinski definition) is 6. The van der Waals surface area contributed by atoms with Crippen molar-refractivity contribution in [1.82, 2.24) is 30.9 Å². The van der Waals surface area contributed by atoms with Crippen LogP contribution in [-0.4, -0.2) is 74.7 Å². The van der Waals surface area contributed by atoms with Crippen LogP contribution >= 0.6 is 11.6 Å². The highest BCUT2D eigenvalue weighted by molar-refractivity contribution is 6.35. The molecule has 0 aliphatic heterocycles. The summed E-state index contributed by atoms with van der Waals surface area (Å²) in [4.78, 5) is 62.2. The average Bonchev–Trinajstić information content (AvgIpc) is 4.09. The zero-order valence-corrected chi connectivity index (χ0v) is 29.8. The molecule has 288 valence electrons. The maximum absolute atomic E-state index is 13.0. The van der Waals surface area contributed by atoms with E-state index in [9.17, 15) is 37.5 Å². The summed E-state index contributed by atoms with van der Waals surface area (Å²) < 4.78 is 43.7. The number of carboxylic acid groups (broad SMARTS) is 1. The summed E-state index contributed by atoms with van der Waals surface area (Å²) in [7, 11) is 0. The molecule has 6 N–H and O–H groups in total. The van der Waals surface area contributed by atoms with Crippen molar-refractivity contribution >= 4 is 52.9 Å². The van der Waals surface area contributed by atoms with Crippen LogP contribution in [0.4, 0.5) is 30.8 Å². The number of benzene rings is 3. The number of hydrogen-bond acceptors (Lipinski definition) is 10. The predicted octanol–water partition coefficient (Wildman–Crippen LogP) is 4.89. The molecule has 2 saturated carbocycles. The van der Waals surface area contributed by atoms with Crippen molar-refractivity contribution < 1.29 is 42.2 Å². The van der Waals surface area contributed by atoms with E-state index >= 15 is 0 Å². The molecule has 1 heterocycles. The lowest BCUT2D eigenvalue weighted by Gasteiger charge is -2.19.